The number of nitrogens with one attached hydrogen (secondary N) is 1. The molecule has 1 amide bonds. The van der Waals surface area contributed by atoms with Crippen molar-refractivity contribution in [2.24, 2.45) is 5.92 Å². The number of nitrogens with zero attached hydrogens (tertiary/aromatic N) is 2. The number of carbonyl (C=O) groups is 1. The lowest BCUT2D eigenvalue weighted by molar-refractivity contribution is -0.0748. The molecule has 1 aliphatic carbocycles. The summed E-state index contributed by atoms with van der Waals surface area (Å²) in [6.45, 7) is 4.13. The Kier molecular flexibility index (Phi) is 4.11. The Morgan fingerprint density at radius 2 is 2.09 bits per heavy atom. The summed E-state index contributed by atoms with van der Waals surface area (Å²) >= 11 is 0. The van der Waals surface area contributed by atoms with Crippen molar-refractivity contribution in [1.82, 2.24) is 15.4 Å². The van der Waals surface area contributed by atoms with Gasteiger partial charge < -0.3 is 19.5 Å². The topological polar surface area (TPSA) is 67.6 Å². The van der Waals surface area contributed by atoms with Crippen molar-refractivity contribution in [3.8, 4) is 0 Å². The van der Waals surface area contributed by atoms with E-state index in [-0.39, 0.29) is 11.4 Å². The average Bonchev–Trinajstić information content (AvgIpc) is 3.27. The summed E-state index contributed by atoms with van der Waals surface area (Å²) < 4.78 is 10.7. The molecule has 3 fully saturated rings. The molecule has 0 bridgehead atoms. The molecule has 0 spiro atoms. The molecule has 2 aliphatic heterocycles. The number of piperidine rings is 1. The molecule has 1 saturated carbocycles. The zero-order valence-electron chi connectivity index (χ0n) is 13.6. The first-order valence-corrected chi connectivity index (χ1v) is 8.82. The van der Waals surface area contributed by atoms with Crippen LogP contribution in [0.25, 0.3) is 0 Å². The first-order chi connectivity index (χ1) is 11.2. The Bertz CT molecular complexity index is 557. The molecule has 0 radical (unpaired) electrons. The second kappa shape index (κ2) is 6.24. The molecule has 0 aromatic carbocycles. The maximum Gasteiger partial charge on any atom is 0.292 e. The van der Waals surface area contributed by atoms with E-state index in [1.165, 1.54) is 19.3 Å². The molecule has 3 heterocycles. The maximum absolute atomic E-state index is 12.4. The fourth-order valence-corrected chi connectivity index (χ4v) is 3.39. The summed E-state index contributed by atoms with van der Waals surface area (Å²) in [6, 6.07) is 1.82. The fourth-order valence-electron chi connectivity index (χ4n) is 3.39. The van der Waals surface area contributed by atoms with Crippen LogP contribution in [0.15, 0.2) is 10.6 Å². The molecule has 23 heavy (non-hydrogen) atoms. The second-order valence-electron chi connectivity index (χ2n) is 7.31. The van der Waals surface area contributed by atoms with Gasteiger partial charge in [0, 0.05) is 25.6 Å². The van der Waals surface area contributed by atoms with Crippen LogP contribution in [0.4, 0.5) is 0 Å². The van der Waals surface area contributed by atoms with E-state index < -0.39 is 0 Å². The number of carbonyl (C=O) groups excluding carboxylic acids is 1. The van der Waals surface area contributed by atoms with Crippen LogP contribution in [0.3, 0.4) is 0 Å². The van der Waals surface area contributed by atoms with E-state index in [2.05, 4.69) is 10.5 Å². The third-order valence-electron chi connectivity index (χ3n) is 5.15. The lowest BCUT2D eigenvalue weighted by Gasteiger charge is -2.42. The van der Waals surface area contributed by atoms with Crippen molar-refractivity contribution in [2.75, 3.05) is 32.8 Å². The number of aromatic nitrogens is 1. The normalized spacial score (nSPS) is 23.6. The SMILES string of the molecule is O=C(c1cc(CC2(NCC3CC3)COC2)no1)N1CCCCC1. The Morgan fingerprint density at radius 1 is 1.30 bits per heavy atom. The molecular formula is C17H25N3O3. The molecule has 0 atom stereocenters. The number of hydrogen-bond donors (Lipinski definition) is 1. The highest BCUT2D eigenvalue weighted by molar-refractivity contribution is 5.91. The third kappa shape index (κ3) is 3.43. The molecule has 6 nitrogen and oxygen atoms in total. The molecular weight excluding hydrogens is 294 g/mol. The third-order valence-corrected chi connectivity index (χ3v) is 5.15. The van der Waals surface area contributed by atoms with Gasteiger partial charge in [0.1, 0.15) is 0 Å². The van der Waals surface area contributed by atoms with Gasteiger partial charge in [0.2, 0.25) is 5.76 Å². The van der Waals surface area contributed by atoms with E-state index in [0.29, 0.717) is 19.0 Å². The molecule has 0 unspecified atom stereocenters. The summed E-state index contributed by atoms with van der Waals surface area (Å²) in [4.78, 5) is 14.3. The smallest absolute Gasteiger partial charge is 0.292 e. The lowest BCUT2D eigenvalue weighted by Crippen LogP contribution is -2.62. The van der Waals surface area contributed by atoms with E-state index in [0.717, 1.165) is 50.5 Å². The summed E-state index contributed by atoms with van der Waals surface area (Å²) in [5, 5.41) is 7.77. The molecule has 126 valence electrons. The van der Waals surface area contributed by atoms with Crippen LogP contribution in [0, 0.1) is 5.92 Å². The highest BCUT2D eigenvalue weighted by atomic mass is 16.5. The van der Waals surface area contributed by atoms with Crippen LogP contribution in [0.1, 0.15) is 48.4 Å². The number of likely N-dealkylation sites (tertiary alicyclic amines) is 1. The zero-order chi connectivity index (χ0) is 15.7. The summed E-state index contributed by atoms with van der Waals surface area (Å²) in [5.41, 5.74) is 0.821. The number of hydrogen-bond acceptors (Lipinski definition) is 5. The monoisotopic (exact) mass is 319 g/mol. The van der Waals surface area contributed by atoms with Gasteiger partial charge in [0.15, 0.2) is 0 Å². The average molecular weight is 319 g/mol. The number of amides is 1. The van der Waals surface area contributed by atoms with Gasteiger partial charge in [-0.15, -0.1) is 0 Å². The highest BCUT2D eigenvalue weighted by Crippen LogP contribution is 2.30. The van der Waals surface area contributed by atoms with Crippen molar-refractivity contribution in [3.05, 3.63) is 17.5 Å². The Balaban J connectivity index is 1.37. The standard InChI is InChI=1S/C17H25N3O3/c21-16(20-6-2-1-3-7-20)15-8-14(19-23-15)9-17(11-22-12-17)18-10-13-4-5-13/h8,13,18H,1-7,9-12H2. The van der Waals surface area contributed by atoms with Crippen molar-refractivity contribution in [1.29, 1.82) is 0 Å². The Hall–Kier alpha value is -1.40. The van der Waals surface area contributed by atoms with E-state index in [1.807, 2.05) is 11.0 Å². The minimum Gasteiger partial charge on any atom is -0.377 e. The molecule has 1 N–H and O–H groups in total. The van der Waals surface area contributed by atoms with Gasteiger partial charge in [-0.1, -0.05) is 5.16 Å². The predicted molar refractivity (Wildman–Crippen MR) is 84.2 cm³/mol. The van der Waals surface area contributed by atoms with Crippen molar-refractivity contribution >= 4 is 5.91 Å². The molecule has 3 aliphatic rings. The molecule has 6 heteroatoms. The zero-order valence-corrected chi connectivity index (χ0v) is 13.6. The van der Waals surface area contributed by atoms with Crippen molar-refractivity contribution < 1.29 is 14.1 Å². The van der Waals surface area contributed by atoms with Crippen LogP contribution in [-0.2, 0) is 11.2 Å². The largest absolute Gasteiger partial charge is 0.377 e. The fraction of sp³-hybridized carbons (Fsp3) is 0.765. The maximum atomic E-state index is 12.4. The number of ether oxygens (including phenoxy) is 1. The quantitative estimate of drug-likeness (QED) is 0.863. The van der Waals surface area contributed by atoms with Crippen LogP contribution in [0.5, 0.6) is 0 Å². The first-order valence-electron chi connectivity index (χ1n) is 8.82. The van der Waals surface area contributed by atoms with Gasteiger partial charge in [-0.2, -0.15) is 0 Å². The molecule has 1 aromatic rings. The van der Waals surface area contributed by atoms with Crippen molar-refractivity contribution in [2.45, 2.75) is 44.1 Å². The minimum absolute atomic E-state index is 0.0201. The Labute approximate surface area is 136 Å². The lowest BCUT2D eigenvalue weighted by atomic mass is 9.91. The summed E-state index contributed by atoms with van der Waals surface area (Å²) in [6.07, 6.45) is 6.80. The highest BCUT2D eigenvalue weighted by Gasteiger charge is 2.40. The van der Waals surface area contributed by atoms with E-state index in [9.17, 15) is 4.79 Å². The molecule has 4 rings (SSSR count). The molecule has 2 saturated heterocycles. The predicted octanol–water partition coefficient (Wildman–Crippen LogP) is 1.61. The van der Waals surface area contributed by atoms with Gasteiger partial charge in [-0.25, -0.2) is 0 Å². The Morgan fingerprint density at radius 3 is 2.74 bits per heavy atom. The number of rotatable bonds is 6. The van der Waals surface area contributed by atoms with Crippen molar-refractivity contribution in [3.63, 3.8) is 0 Å². The van der Waals surface area contributed by atoms with Gasteiger partial charge in [0.05, 0.1) is 24.4 Å². The van der Waals surface area contributed by atoms with E-state index >= 15 is 0 Å². The first kappa shape index (κ1) is 15.1. The second-order valence-corrected chi connectivity index (χ2v) is 7.31. The minimum atomic E-state index is -0.0229. The summed E-state index contributed by atoms with van der Waals surface area (Å²) in [7, 11) is 0. The summed E-state index contributed by atoms with van der Waals surface area (Å²) in [5.74, 6) is 1.19. The van der Waals surface area contributed by atoms with E-state index in [4.69, 9.17) is 9.26 Å². The van der Waals surface area contributed by atoms with Gasteiger partial charge in [0.25, 0.3) is 5.91 Å². The van der Waals surface area contributed by atoms with Crippen LogP contribution < -0.4 is 5.32 Å². The van der Waals surface area contributed by atoms with Gasteiger partial charge in [-0.3, -0.25) is 4.79 Å². The van der Waals surface area contributed by atoms with Crippen LogP contribution >= 0.6 is 0 Å². The van der Waals surface area contributed by atoms with Gasteiger partial charge >= 0.3 is 0 Å². The van der Waals surface area contributed by atoms with Gasteiger partial charge in [-0.05, 0) is 44.6 Å². The van der Waals surface area contributed by atoms with E-state index in [1.54, 1.807) is 0 Å². The van der Waals surface area contributed by atoms with Crippen LogP contribution in [-0.4, -0.2) is 54.4 Å². The van der Waals surface area contributed by atoms with Crippen LogP contribution in [0.2, 0.25) is 0 Å². The molecule has 1 aromatic heterocycles.